The SMILES string of the molecule is CC(C)C(=O)N[C@H]1C(O)O[C@H](CO)[C@@H](O)[C@@H]1O[C@H](C)C(=O)O. The van der Waals surface area contributed by atoms with Gasteiger partial charge in [-0.25, -0.2) is 4.79 Å². The van der Waals surface area contributed by atoms with Gasteiger partial charge in [-0.05, 0) is 6.92 Å². The number of ether oxygens (including phenoxy) is 2. The number of nitrogens with one attached hydrogen (secondary N) is 1. The van der Waals surface area contributed by atoms with Crippen LogP contribution in [-0.2, 0) is 19.1 Å². The van der Waals surface area contributed by atoms with Gasteiger partial charge in [0.2, 0.25) is 5.91 Å². The number of carboxylic acid groups (broad SMARTS) is 1. The molecule has 0 aromatic carbocycles. The van der Waals surface area contributed by atoms with Crippen LogP contribution in [0.1, 0.15) is 20.8 Å². The lowest BCUT2D eigenvalue weighted by atomic mass is 9.96. The zero-order chi connectivity index (χ0) is 17.0. The molecule has 0 aromatic rings. The summed E-state index contributed by atoms with van der Waals surface area (Å²) in [4.78, 5) is 22.7. The van der Waals surface area contributed by atoms with Gasteiger partial charge in [0.1, 0.15) is 24.4 Å². The second-order valence-corrected chi connectivity index (χ2v) is 5.51. The van der Waals surface area contributed by atoms with Crippen molar-refractivity contribution in [3.05, 3.63) is 0 Å². The van der Waals surface area contributed by atoms with Crippen molar-refractivity contribution in [1.29, 1.82) is 0 Å². The molecule has 1 aliphatic heterocycles. The highest BCUT2D eigenvalue weighted by Gasteiger charge is 2.47. The Bertz CT molecular complexity index is 402. The van der Waals surface area contributed by atoms with E-state index in [1.54, 1.807) is 13.8 Å². The smallest absolute Gasteiger partial charge is 0.332 e. The van der Waals surface area contributed by atoms with Gasteiger partial charge in [0.15, 0.2) is 12.4 Å². The molecule has 0 radical (unpaired) electrons. The fraction of sp³-hybridized carbons (Fsp3) is 0.846. The number of rotatable bonds is 6. The third-order valence-corrected chi connectivity index (χ3v) is 3.42. The molecule has 128 valence electrons. The van der Waals surface area contributed by atoms with Crippen LogP contribution in [0.2, 0.25) is 0 Å². The summed E-state index contributed by atoms with van der Waals surface area (Å²) in [7, 11) is 0. The van der Waals surface area contributed by atoms with E-state index in [-0.39, 0.29) is 0 Å². The molecule has 1 heterocycles. The first-order valence-corrected chi connectivity index (χ1v) is 7.00. The van der Waals surface area contributed by atoms with Gasteiger partial charge in [0, 0.05) is 5.92 Å². The summed E-state index contributed by atoms with van der Waals surface area (Å²) in [6.45, 7) is 3.93. The Labute approximate surface area is 127 Å². The fourth-order valence-corrected chi connectivity index (χ4v) is 2.02. The van der Waals surface area contributed by atoms with Crippen LogP contribution in [0.3, 0.4) is 0 Å². The number of aliphatic carboxylic acids is 1. The van der Waals surface area contributed by atoms with E-state index < -0.39 is 61.1 Å². The molecule has 0 aromatic heterocycles. The molecule has 5 N–H and O–H groups in total. The van der Waals surface area contributed by atoms with Crippen molar-refractivity contribution in [3.63, 3.8) is 0 Å². The topological polar surface area (TPSA) is 146 Å². The molecule has 1 aliphatic rings. The molecule has 1 saturated heterocycles. The van der Waals surface area contributed by atoms with Crippen molar-refractivity contribution in [2.45, 2.75) is 57.5 Å². The molecular formula is C13H23NO8. The van der Waals surface area contributed by atoms with E-state index >= 15 is 0 Å². The van der Waals surface area contributed by atoms with Crippen molar-refractivity contribution >= 4 is 11.9 Å². The number of carboxylic acids is 1. The molecule has 9 nitrogen and oxygen atoms in total. The number of aliphatic hydroxyl groups excluding tert-OH is 3. The highest BCUT2D eigenvalue weighted by Crippen LogP contribution is 2.24. The second kappa shape index (κ2) is 7.84. The van der Waals surface area contributed by atoms with Gasteiger partial charge < -0.3 is 35.2 Å². The molecule has 22 heavy (non-hydrogen) atoms. The largest absolute Gasteiger partial charge is 0.479 e. The second-order valence-electron chi connectivity index (χ2n) is 5.51. The maximum absolute atomic E-state index is 11.8. The first-order chi connectivity index (χ1) is 10.2. The standard InChI is InChI=1S/C13H23NO8/c1-5(2)11(17)14-8-10(21-6(3)12(18)19)9(16)7(4-15)22-13(8)20/h5-10,13,15-16,20H,4H2,1-3H3,(H,14,17)(H,18,19)/t6-,7-,8-,9-,10-,13?/m1/s1. The van der Waals surface area contributed by atoms with Crippen LogP contribution >= 0.6 is 0 Å². The molecule has 9 heteroatoms. The highest BCUT2D eigenvalue weighted by molar-refractivity contribution is 5.78. The monoisotopic (exact) mass is 321 g/mol. The Hall–Kier alpha value is -1.26. The van der Waals surface area contributed by atoms with Gasteiger partial charge in [0.05, 0.1) is 6.61 Å². The Morgan fingerprint density at radius 3 is 2.32 bits per heavy atom. The number of carbonyl (C=O) groups excluding carboxylic acids is 1. The quantitative estimate of drug-likeness (QED) is 0.380. The third kappa shape index (κ3) is 4.37. The fourth-order valence-electron chi connectivity index (χ4n) is 2.02. The summed E-state index contributed by atoms with van der Waals surface area (Å²) in [6, 6.07) is -1.16. The van der Waals surface area contributed by atoms with Crippen LogP contribution in [0.25, 0.3) is 0 Å². The van der Waals surface area contributed by atoms with Crippen LogP contribution in [0.5, 0.6) is 0 Å². The summed E-state index contributed by atoms with van der Waals surface area (Å²) in [5, 5.41) is 40.6. The maximum atomic E-state index is 11.8. The van der Waals surface area contributed by atoms with Gasteiger partial charge in [-0.15, -0.1) is 0 Å². The van der Waals surface area contributed by atoms with E-state index in [1.165, 1.54) is 6.92 Å². The van der Waals surface area contributed by atoms with Gasteiger partial charge in [-0.2, -0.15) is 0 Å². The lowest BCUT2D eigenvalue weighted by Crippen LogP contribution is -2.66. The third-order valence-electron chi connectivity index (χ3n) is 3.42. The van der Waals surface area contributed by atoms with E-state index in [1.807, 2.05) is 0 Å². The van der Waals surface area contributed by atoms with E-state index in [2.05, 4.69) is 5.32 Å². The molecule has 6 atom stereocenters. The lowest BCUT2D eigenvalue weighted by Gasteiger charge is -2.43. The molecule has 0 bridgehead atoms. The number of hydrogen-bond donors (Lipinski definition) is 5. The molecular weight excluding hydrogens is 298 g/mol. The Kier molecular flexibility index (Phi) is 6.69. The van der Waals surface area contributed by atoms with Crippen LogP contribution < -0.4 is 5.32 Å². The van der Waals surface area contributed by atoms with Crippen LogP contribution in [0.15, 0.2) is 0 Å². The molecule has 1 fully saturated rings. The van der Waals surface area contributed by atoms with Crippen molar-refractivity contribution < 1.29 is 39.5 Å². The molecule has 0 spiro atoms. The van der Waals surface area contributed by atoms with Crippen molar-refractivity contribution in [2.75, 3.05) is 6.61 Å². The van der Waals surface area contributed by atoms with Gasteiger partial charge in [-0.1, -0.05) is 13.8 Å². The Balaban J connectivity index is 2.96. The zero-order valence-corrected chi connectivity index (χ0v) is 12.7. The molecule has 0 saturated carbocycles. The minimum atomic E-state index is -1.55. The van der Waals surface area contributed by atoms with Crippen molar-refractivity contribution in [3.8, 4) is 0 Å². The zero-order valence-electron chi connectivity index (χ0n) is 12.7. The van der Waals surface area contributed by atoms with Crippen LogP contribution in [0.4, 0.5) is 0 Å². The van der Waals surface area contributed by atoms with Crippen LogP contribution in [0, 0.1) is 5.92 Å². The minimum Gasteiger partial charge on any atom is -0.479 e. The van der Waals surface area contributed by atoms with E-state index in [0.29, 0.717) is 0 Å². The van der Waals surface area contributed by atoms with E-state index in [0.717, 1.165) is 0 Å². The summed E-state index contributed by atoms with van der Waals surface area (Å²) in [5.41, 5.74) is 0. The first kappa shape index (κ1) is 18.8. The number of amides is 1. The summed E-state index contributed by atoms with van der Waals surface area (Å²) in [5.74, 6) is -2.07. The number of aliphatic hydroxyl groups is 3. The normalized spacial score (nSPS) is 33.5. The molecule has 1 amide bonds. The minimum absolute atomic E-state index is 0.391. The lowest BCUT2D eigenvalue weighted by molar-refractivity contribution is -0.267. The van der Waals surface area contributed by atoms with E-state index in [9.17, 15) is 19.8 Å². The maximum Gasteiger partial charge on any atom is 0.332 e. The molecule has 1 unspecified atom stereocenters. The summed E-state index contributed by atoms with van der Waals surface area (Å²) < 4.78 is 10.3. The number of carbonyl (C=O) groups is 2. The summed E-state index contributed by atoms with van der Waals surface area (Å²) in [6.07, 6.45) is -6.62. The van der Waals surface area contributed by atoms with Crippen molar-refractivity contribution in [1.82, 2.24) is 5.32 Å². The van der Waals surface area contributed by atoms with E-state index in [4.69, 9.17) is 19.7 Å². The highest BCUT2D eigenvalue weighted by atomic mass is 16.6. The van der Waals surface area contributed by atoms with Gasteiger partial charge in [0.25, 0.3) is 0 Å². The number of hydrogen-bond acceptors (Lipinski definition) is 7. The predicted molar refractivity (Wildman–Crippen MR) is 72.7 cm³/mol. The average Bonchev–Trinajstić information content (AvgIpc) is 2.45. The van der Waals surface area contributed by atoms with Crippen LogP contribution in [-0.4, -0.2) is 75.7 Å². The van der Waals surface area contributed by atoms with Gasteiger partial charge >= 0.3 is 5.97 Å². The predicted octanol–water partition coefficient (Wildman–Crippen LogP) is -1.94. The Morgan fingerprint density at radius 2 is 1.86 bits per heavy atom. The summed E-state index contributed by atoms with van der Waals surface area (Å²) >= 11 is 0. The first-order valence-electron chi connectivity index (χ1n) is 7.00. The average molecular weight is 321 g/mol. The molecule has 1 rings (SSSR count). The van der Waals surface area contributed by atoms with Crippen molar-refractivity contribution in [2.24, 2.45) is 5.92 Å². The molecule has 0 aliphatic carbocycles. The Morgan fingerprint density at radius 1 is 1.27 bits per heavy atom. The van der Waals surface area contributed by atoms with Gasteiger partial charge in [-0.3, -0.25) is 4.79 Å².